The molecule has 0 aromatic carbocycles. The van der Waals surface area contributed by atoms with Crippen molar-refractivity contribution in [3.8, 4) is 0 Å². The van der Waals surface area contributed by atoms with E-state index in [1.165, 1.54) is 0 Å². The first kappa shape index (κ1) is 14.0. The zero-order valence-electron chi connectivity index (χ0n) is 11.9. The zero-order valence-corrected chi connectivity index (χ0v) is 11.9. The van der Waals surface area contributed by atoms with Crippen LogP contribution in [0.25, 0.3) is 0 Å². The fraction of sp³-hybridized carbons (Fsp3) is 1.00. The van der Waals surface area contributed by atoms with Gasteiger partial charge in [-0.15, -0.1) is 0 Å². The van der Waals surface area contributed by atoms with Crippen molar-refractivity contribution >= 4 is 0 Å². The molecule has 3 unspecified atom stereocenters. The second kappa shape index (κ2) is 4.66. The first-order valence-corrected chi connectivity index (χ1v) is 6.82. The molecule has 1 rings (SSSR count). The maximum Gasteiger partial charge on any atom is 0.108 e. The Balaban J connectivity index is 2.86. The summed E-state index contributed by atoms with van der Waals surface area (Å²) in [5, 5.41) is 0. The van der Waals surface area contributed by atoms with Crippen LogP contribution in [0.15, 0.2) is 0 Å². The van der Waals surface area contributed by atoms with Crippen molar-refractivity contribution in [3.05, 3.63) is 0 Å². The Morgan fingerprint density at radius 1 is 1.12 bits per heavy atom. The third-order valence-electron chi connectivity index (χ3n) is 4.46. The maximum absolute atomic E-state index is 14.1. The van der Waals surface area contributed by atoms with Crippen LogP contribution in [0.2, 0.25) is 0 Å². The number of hydrogen-bond donors (Lipinski definition) is 0. The lowest BCUT2D eigenvalue weighted by atomic mass is 9.67. The molecule has 0 aliphatic heterocycles. The Morgan fingerprint density at radius 3 is 2.06 bits per heavy atom. The van der Waals surface area contributed by atoms with Gasteiger partial charge < -0.3 is 0 Å². The molecule has 0 amide bonds. The average Bonchev–Trinajstić information content (AvgIpc) is 2.22. The van der Waals surface area contributed by atoms with E-state index in [2.05, 4.69) is 34.6 Å². The molecule has 1 aliphatic rings. The highest BCUT2D eigenvalue weighted by molar-refractivity contribution is 4.89. The second-order valence-electron chi connectivity index (χ2n) is 7.37. The molecule has 1 aliphatic carbocycles. The average molecular weight is 228 g/mol. The highest BCUT2D eigenvalue weighted by atomic mass is 19.1. The Hall–Kier alpha value is -0.0700. The van der Waals surface area contributed by atoms with Gasteiger partial charge in [0.05, 0.1) is 0 Å². The Bertz CT molecular complexity index is 222. The van der Waals surface area contributed by atoms with E-state index in [4.69, 9.17) is 0 Å². The zero-order chi connectivity index (χ0) is 12.6. The summed E-state index contributed by atoms with van der Waals surface area (Å²) in [5.41, 5.74) is -0.609. The lowest BCUT2D eigenvalue weighted by Crippen LogP contribution is -2.30. The van der Waals surface area contributed by atoms with Crippen LogP contribution in [0.5, 0.6) is 0 Å². The second-order valence-corrected chi connectivity index (χ2v) is 7.37. The van der Waals surface area contributed by atoms with Crippen LogP contribution < -0.4 is 0 Å². The van der Waals surface area contributed by atoms with E-state index in [0.29, 0.717) is 23.2 Å². The molecule has 0 saturated heterocycles. The molecular formula is C15H29F. The maximum atomic E-state index is 14.1. The van der Waals surface area contributed by atoms with E-state index in [0.717, 1.165) is 25.7 Å². The van der Waals surface area contributed by atoms with Gasteiger partial charge in [0, 0.05) is 0 Å². The first-order valence-electron chi connectivity index (χ1n) is 6.82. The summed E-state index contributed by atoms with van der Waals surface area (Å²) in [5.74, 6) is 2.04. The van der Waals surface area contributed by atoms with Gasteiger partial charge in [0.25, 0.3) is 0 Å². The summed E-state index contributed by atoms with van der Waals surface area (Å²) in [6.07, 6.45) is 3.62. The predicted molar refractivity (Wildman–Crippen MR) is 69.3 cm³/mol. The van der Waals surface area contributed by atoms with Gasteiger partial charge in [-0.3, -0.25) is 0 Å². The van der Waals surface area contributed by atoms with E-state index in [-0.39, 0.29) is 0 Å². The summed E-state index contributed by atoms with van der Waals surface area (Å²) in [6, 6.07) is 0. The molecular weight excluding hydrogens is 199 g/mol. The minimum atomic E-state index is -0.923. The standard InChI is InChI=1S/C15H29F/c1-11(2)12-7-9-15(6,16)10-8-13(12)14(3,4)5/h11-13H,7-10H2,1-6H3. The minimum Gasteiger partial charge on any atom is -0.244 e. The van der Waals surface area contributed by atoms with Gasteiger partial charge in [-0.25, -0.2) is 4.39 Å². The van der Waals surface area contributed by atoms with Gasteiger partial charge >= 0.3 is 0 Å². The van der Waals surface area contributed by atoms with Crippen molar-refractivity contribution in [1.29, 1.82) is 0 Å². The molecule has 0 radical (unpaired) electrons. The van der Waals surface area contributed by atoms with Crippen molar-refractivity contribution in [3.63, 3.8) is 0 Å². The smallest absolute Gasteiger partial charge is 0.108 e. The van der Waals surface area contributed by atoms with Crippen LogP contribution in [0.4, 0.5) is 4.39 Å². The SMILES string of the molecule is CC(C)C1CCC(C)(F)CCC1C(C)(C)C. The summed E-state index contributed by atoms with van der Waals surface area (Å²) in [6.45, 7) is 13.3. The van der Waals surface area contributed by atoms with E-state index >= 15 is 0 Å². The van der Waals surface area contributed by atoms with Crippen LogP contribution in [-0.4, -0.2) is 5.67 Å². The monoisotopic (exact) mass is 228 g/mol. The molecule has 0 aromatic heterocycles. The molecule has 16 heavy (non-hydrogen) atoms. The summed E-state index contributed by atoms with van der Waals surface area (Å²) < 4.78 is 14.1. The summed E-state index contributed by atoms with van der Waals surface area (Å²) >= 11 is 0. The summed E-state index contributed by atoms with van der Waals surface area (Å²) in [7, 11) is 0. The summed E-state index contributed by atoms with van der Waals surface area (Å²) in [4.78, 5) is 0. The molecule has 0 aromatic rings. The molecule has 0 heterocycles. The molecule has 0 bridgehead atoms. The highest BCUT2D eigenvalue weighted by Gasteiger charge is 2.39. The van der Waals surface area contributed by atoms with Gasteiger partial charge in [0.1, 0.15) is 5.67 Å². The van der Waals surface area contributed by atoms with Crippen molar-refractivity contribution in [2.45, 2.75) is 72.9 Å². The molecule has 1 saturated carbocycles. The molecule has 0 spiro atoms. The van der Waals surface area contributed by atoms with E-state index in [1.54, 1.807) is 6.92 Å². The van der Waals surface area contributed by atoms with Gasteiger partial charge in [-0.2, -0.15) is 0 Å². The number of rotatable bonds is 1. The van der Waals surface area contributed by atoms with Crippen molar-refractivity contribution in [1.82, 2.24) is 0 Å². The third-order valence-corrected chi connectivity index (χ3v) is 4.46. The van der Waals surface area contributed by atoms with E-state index in [1.807, 2.05) is 0 Å². The predicted octanol–water partition coefficient (Wildman–Crippen LogP) is 5.22. The lowest BCUT2D eigenvalue weighted by Gasteiger charge is -2.38. The van der Waals surface area contributed by atoms with Gasteiger partial charge in [-0.1, -0.05) is 34.6 Å². The van der Waals surface area contributed by atoms with Crippen LogP contribution in [0, 0.1) is 23.2 Å². The van der Waals surface area contributed by atoms with Gasteiger partial charge in [-0.05, 0) is 55.8 Å². The molecule has 0 N–H and O–H groups in total. The molecule has 1 fully saturated rings. The largest absolute Gasteiger partial charge is 0.244 e. The van der Waals surface area contributed by atoms with Crippen LogP contribution >= 0.6 is 0 Å². The molecule has 96 valence electrons. The first-order chi connectivity index (χ1) is 7.13. The Labute approximate surface area is 101 Å². The fourth-order valence-electron chi connectivity index (χ4n) is 3.34. The Kier molecular flexibility index (Phi) is 4.08. The van der Waals surface area contributed by atoms with Crippen molar-refractivity contribution in [2.75, 3.05) is 0 Å². The lowest BCUT2D eigenvalue weighted by molar-refractivity contribution is 0.112. The van der Waals surface area contributed by atoms with Crippen LogP contribution in [-0.2, 0) is 0 Å². The number of alkyl halides is 1. The Morgan fingerprint density at radius 2 is 1.62 bits per heavy atom. The topological polar surface area (TPSA) is 0 Å². The molecule has 1 heteroatoms. The minimum absolute atomic E-state index is 0.315. The normalized spacial score (nSPS) is 37.5. The number of halogens is 1. The molecule has 0 nitrogen and oxygen atoms in total. The quantitative estimate of drug-likeness (QED) is 0.539. The third kappa shape index (κ3) is 3.46. The van der Waals surface area contributed by atoms with Gasteiger partial charge in [0.2, 0.25) is 0 Å². The highest BCUT2D eigenvalue weighted by Crippen LogP contribution is 2.46. The molecule has 3 atom stereocenters. The van der Waals surface area contributed by atoms with Crippen LogP contribution in [0.1, 0.15) is 67.2 Å². The van der Waals surface area contributed by atoms with E-state index in [9.17, 15) is 4.39 Å². The fourth-order valence-corrected chi connectivity index (χ4v) is 3.34. The number of hydrogen-bond acceptors (Lipinski definition) is 0. The van der Waals surface area contributed by atoms with E-state index < -0.39 is 5.67 Å². The van der Waals surface area contributed by atoms with Crippen molar-refractivity contribution in [2.24, 2.45) is 23.2 Å². The van der Waals surface area contributed by atoms with Crippen molar-refractivity contribution < 1.29 is 4.39 Å². The van der Waals surface area contributed by atoms with Gasteiger partial charge in [0.15, 0.2) is 0 Å². The van der Waals surface area contributed by atoms with Crippen LogP contribution in [0.3, 0.4) is 0 Å².